The quantitative estimate of drug-likeness (QED) is 0.673. The van der Waals surface area contributed by atoms with E-state index in [1.807, 2.05) is 0 Å². The van der Waals surface area contributed by atoms with Crippen LogP contribution in [0.2, 0.25) is 0 Å². The van der Waals surface area contributed by atoms with Crippen molar-refractivity contribution in [2.75, 3.05) is 53.9 Å². The molecule has 0 radical (unpaired) electrons. The summed E-state index contributed by atoms with van der Waals surface area (Å²) in [4.78, 5) is 17.8. The molecule has 1 saturated heterocycles. The summed E-state index contributed by atoms with van der Waals surface area (Å²) in [5.74, 6) is 0.190. The van der Waals surface area contributed by atoms with Crippen LogP contribution in [0.25, 0.3) is 0 Å². The fourth-order valence-electron chi connectivity index (χ4n) is 2.03. The number of likely N-dealkylation sites (N-methyl/N-ethyl adjacent to an activating group) is 1. The molecule has 1 atom stereocenters. The van der Waals surface area contributed by atoms with Gasteiger partial charge in [-0.25, -0.2) is 0 Å². The van der Waals surface area contributed by atoms with Gasteiger partial charge < -0.3 is 15.5 Å². The molecule has 1 rings (SSSR count). The monoisotopic (exact) mass is 228 g/mol. The predicted molar refractivity (Wildman–Crippen MR) is 65.2 cm³/mol. The Balaban J connectivity index is 2.37. The molecule has 1 aliphatic heterocycles. The molecule has 2 N–H and O–H groups in total. The van der Waals surface area contributed by atoms with Gasteiger partial charge in [0.05, 0.1) is 0 Å². The highest BCUT2D eigenvalue weighted by Gasteiger charge is 2.24. The molecule has 1 amide bonds. The van der Waals surface area contributed by atoms with E-state index in [9.17, 15) is 4.79 Å². The van der Waals surface area contributed by atoms with E-state index < -0.39 is 0 Å². The van der Waals surface area contributed by atoms with Crippen molar-refractivity contribution in [3.8, 4) is 0 Å². The Kier molecular flexibility index (Phi) is 5.18. The lowest BCUT2D eigenvalue weighted by Gasteiger charge is -2.39. The number of hydrogen-bond acceptors (Lipinski definition) is 4. The molecule has 1 heterocycles. The van der Waals surface area contributed by atoms with Gasteiger partial charge in [0.2, 0.25) is 5.91 Å². The molecule has 0 aromatic rings. The van der Waals surface area contributed by atoms with E-state index in [2.05, 4.69) is 16.8 Å². The number of hydrogen-bond donors (Lipinski definition) is 1. The second-order valence-corrected chi connectivity index (χ2v) is 4.73. The Bertz CT molecular complexity index is 232. The number of carbonyl (C=O) groups excluding carboxylic acids is 1. The fraction of sp³-hybridized carbons (Fsp3) is 0.909. The largest absolute Gasteiger partial charge is 0.349 e. The average molecular weight is 228 g/mol. The number of carbonyl (C=O) groups is 1. The van der Waals surface area contributed by atoms with Gasteiger partial charge in [0.15, 0.2) is 0 Å². The summed E-state index contributed by atoms with van der Waals surface area (Å²) in [6.07, 6.45) is 0.590. The van der Waals surface area contributed by atoms with Crippen molar-refractivity contribution in [3.05, 3.63) is 0 Å². The standard InChI is InChI=1S/C11H24N4O/c1-13(2)11(16)4-5-15-7-6-14(3)9-10(15)8-12/h10H,4-9,12H2,1-3H3. The Labute approximate surface area is 98.2 Å². The second-order valence-electron chi connectivity index (χ2n) is 4.73. The maximum atomic E-state index is 11.5. The maximum absolute atomic E-state index is 11.5. The van der Waals surface area contributed by atoms with Crippen LogP contribution in [0.3, 0.4) is 0 Å². The average Bonchev–Trinajstić information content (AvgIpc) is 2.26. The molecule has 0 saturated carbocycles. The van der Waals surface area contributed by atoms with E-state index >= 15 is 0 Å². The summed E-state index contributed by atoms with van der Waals surface area (Å²) < 4.78 is 0. The van der Waals surface area contributed by atoms with Crippen molar-refractivity contribution in [3.63, 3.8) is 0 Å². The molecule has 1 aliphatic rings. The van der Waals surface area contributed by atoms with Crippen molar-refractivity contribution < 1.29 is 4.79 Å². The zero-order valence-electron chi connectivity index (χ0n) is 10.6. The van der Waals surface area contributed by atoms with E-state index in [0.29, 0.717) is 19.0 Å². The van der Waals surface area contributed by atoms with Crippen LogP contribution in [-0.2, 0) is 4.79 Å². The summed E-state index contributed by atoms with van der Waals surface area (Å²) in [6, 6.07) is 0.397. The summed E-state index contributed by atoms with van der Waals surface area (Å²) in [6.45, 7) is 4.57. The van der Waals surface area contributed by atoms with Gasteiger partial charge in [0, 0.05) is 59.3 Å². The third-order valence-corrected chi connectivity index (χ3v) is 3.19. The molecule has 0 spiro atoms. The van der Waals surface area contributed by atoms with Crippen LogP contribution in [0.4, 0.5) is 0 Å². The summed E-state index contributed by atoms with van der Waals surface area (Å²) in [5.41, 5.74) is 5.76. The maximum Gasteiger partial charge on any atom is 0.223 e. The van der Waals surface area contributed by atoms with Crippen LogP contribution in [0.15, 0.2) is 0 Å². The zero-order chi connectivity index (χ0) is 12.1. The molecular weight excluding hydrogens is 204 g/mol. The van der Waals surface area contributed by atoms with E-state index in [4.69, 9.17) is 5.73 Å². The molecule has 16 heavy (non-hydrogen) atoms. The first-order chi connectivity index (χ1) is 7.54. The Morgan fingerprint density at radius 3 is 2.69 bits per heavy atom. The van der Waals surface area contributed by atoms with E-state index in [-0.39, 0.29) is 5.91 Å². The number of piperazine rings is 1. The number of nitrogens with two attached hydrogens (primary N) is 1. The van der Waals surface area contributed by atoms with E-state index in [1.165, 1.54) is 0 Å². The van der Waals surface area contributed by atoms with E-state index in [0.717, 1.165) is 26.2 Å². The SMILES string of the molecule is CN1CCN(CCC(=O)N(C)C)C(CN)C1. The smallest absolute Gasteiger partial charge is 0.223 e. The van der Waals surface area contributed by atoms with Crippen molar-refractivity contribution in [1.29, 1.82) is 0 Å². The second kappa shape index (κ2) is 6.18. The topological polar surface area (TPSA) is 52.8 Å². The third-order valence-electron chi connectivity index (χ3n) is 3.19. The first-order valence-electron chi connectivity index (χ1n) is 5.87. The Morgan fingerprint density at radius 1 is 1.44 bits per heavy atom. The van der Waals surface area contributed by atoms with Crippen LogP contribution < -0.4 is 5.73 Å². The highest BCUT2D eigenvalue weighted by atomic mass is 16.2. The highest BCUT2D eigenvalue weighted by Crippen LogP contribution is 2.08. The molecule has 94 valence electrons. The molecule has 1 fully saturated rings. The Morgan fingerprint density at radius 2 is 2.12 bits per heavy atom. The molecular formula is C11H24N4O. The lowest BCUT2D eigenvalue weighted by molar-refractivity contribution is -0.129. The zero-order valence-corrected chi connectivity index (χ0v) is 10.6. The summed E-state index contributed by atoms with van der Waals surface area (Å²) >= 11 is 0. The first-order valence-corrected chi connectivity index (χ1v) is 5.87. The highest BCUT2D eigenvalue weighted by molar-refractivity contribution is 5.75. The molecule has 5 nitrogen and oxygen atoms in total. The number of amides is 1. The number of nitrogens with zero attached hydrogens (tertiary/aromatic N) is 3. The van der Waals surface area contributed by atoms with Gasteiger partial charge in [-0.15, -0.1) is 0 Å². The van der Waals surface area contributed by atoms with Crippen molar-refractivity contribution >= 4 is 5.91 Å². The van der Waals surface area contributed by atoms with Crippen LogP contribution in [0, 0.1) is 0 Å². The molecule has 1 unspecified atom stereocenters. The molecule has 0 bridgehead atoms. The minimum absolute atomic E-state index is 0.190. The van der Waals surface area contributed by atoms with Gasteiger partial charge in [-0.05, 0) is 7.05 Å². The minimum Gasteiger partial charge on any atom is -0.349 e. The lowest BCUT2D eigenvalue weighted by Crippen LogP contribution is -2.55. The Hall–Kier alpha value is -0.650. The first kappa shape index (κ1) is 13.4. The van der Waals surface area contributed by atoms with Crippen molar-refractivity contribution in [1.82, 2.24) is 14.7 Å². The van der Waals surface area contributed by atoms with Crippen LogP contribution in [0.5, 0.6) is 0 Å². The van der Waals surface area contributed by atoms with Gasteiger partial charge in [-0.1, -0.05) is 0 Å². The number of rotatable bonds is 4. The van der Waals surface area contributed by atoms with Gasteiger partial charge in [-0.3, -0.25) is 9.69 Å². The molecule has 0 aromatic heterocycles. The predicted octanol–water partition coefficient (Wildman–Crippen LogP) is -0.961. The molecule has 5 heteroatoms. The minimum atomic E-state index is 0.190. The van der Waals surface area contributed by atoms with Gasteiger partial charge in [-0.2, -0.15) is 0 Å². The van der Waals surface area contributed by atoms with Gasteiger partial charge in [0.1, 0.15) is 0 Å². The normalized spacial score (nSPS) is 23.4. The van der Waals surface area contributed by atoms with E-state index in [1.54, 1.807) is 19.0 Å². The van der Waals surface area contributed by atoms with Gasteiger partial charge >= 0.3 is 0 Å². The molecule has 0 aliphatic carbocycles. The van der Waals surface area contributed by atoms with Crippen LogP contribution in [0.1, 0.15) is 6.42 Å². The fourth-order valence-corrected chi connectivity index (χ4v) is 2.03. The molecule has 0 aromatic carbocycles. The van der Waals surface area contributed by atoms with Gasteiger partial charge in [0.25, 0.3) is 0 Å². The van der Waals surface area contributed by atoms with Crippen molar-refractivity contribution in [2.45, 2.75) is 12.5 Å². The summed E-state index contributed by atoms with van der Waals surface area (Å²) in [5, 5.41) is 0. The van der Waals surface area contributed by atoms with Crippen molar-refractivity contribution in [2.24, 2.45) is 5.73 Å². The van der Waals surface area contributed by atoms with Crippen LogP contribution in [-0.4, -0.2) is 80.5 Å². The third kappa shape index (κ3) is 3.73. The summed E-state index contributed by atoms with van der Waals surface area (Å²) in [7, 11) is 5.71. The van der Waals surface area contributed by atoms with Crippen LogP contribution >= 0.6 is 0 Å². The lowest BCUT2D eigenvalue weighted by atomic mass is 10.1.